The van der Waals surface area contributed by atoms with Crippen LogP contribution >= 0.6 is 0 Å². The molecule has 0 unspecified atom stereocenters. The number of aliphatic hydroxyl groups excluding tert-OH is 1. The first-order chi connectivity index (χ1) is 13.1. The molecule has 0 saturated heterocycles. The summed E-state index contributed by atoms with van der Waals surface area (Å²) in [5.41, 5.74) is 1.01. The number of nitrogens with one attached hydrogen (secondary N) is 1. The van der Waals surface area contributed by atoms with E-state index in [-0.39, 0.29) is 30.3 Å². The number of ketones is 1. The number of nitrogens with zero attached hydrogens (tertiary/aromatic N) is 4. The summed E-state index contributed by atoms with van der Waals surface area (Å²) in [6.45, 7) is -0.104. The zero-order valence-corrected chi connectivity index (χ0v) is 14.4. The Labute approximate surface area is 154 Å². The van der Waals surface area contributed by atoms with Gasteiger partial charge in [-0.05, 0) is 24.5 Å². The first-order valence-electron chi connectivity index (χ1n) is 8.82. The van der Waals surface area contributed by atoms with Crippen LogP contribution in [-0.2, 0) is 4.79 Å². The quantitative estimate of drug-likeness (QED) is 0.728. The number of hydrogen-bond acceptors (Lipinski definition) is 6. The Morgan fingerprint density at radius 2 is 2.07 bits per heavy atom. The molecule has 136 valence electrons. The van der Waals surface area contributed by atoms with Gasteiger partial charge in [0, 0.05) is 18.0 Å². The Kier molecular flexibility index (Phi) is 3.38. The molecule has 2 fully saturated rings. The zero-order chi connectivity index (χ0) is 18.6. The third-order valence-corrected chi connectivity index (χ3v) is 5.81. The van der Waals surface area contributed by atoms with Crippen LogP contribution in [0.25, 0.3) is 11.2 Å². The van der Waals surface area contributed by atoms with E-state index in [4.69, 9.17) is 0 Å². The predicted molar refractivity (Wildman–Crippen MR) is 96.0 cm³/mol. The van der Waals surface area contributed by atoms with Crippen molar-refractivity contribution in [1.82, 2.24) is 19.5 Å². The highest BCUT2D eigenvalue weighted by Gasteiger charge is 2.67. The van der Waals surface area contributed by atoms with Gasteiger partial charge in [-0.25, -0.2) is 15.0 Å². The molecule has 0 aliphatic heterocycles. The molecule has 2 aromatic heterocycles. The molecule has 3 aromatic rings. The second kappa shape index (κ2) is 5.68. The maximum absolute atomic E-state index is 12.4. The molecule has 1 aromatic carbocycles. The van der Waals surface area contributed by atoms with Crippen LogP contribution in [0.5, 0.6) is 0 Å². The van der Waals surface area contributed by atoms with Gasteiger partial charge < -0.3 is 15.0 Å². The first-order valence-corrected chi connectivity index (χ1v) is 8.82. The van der Waals surface area contributed by atoms with Gasteiger partial charge in [0.25, 0.3) is 5.91 Å². The number of aliphatic hydroxyl groups is 1. The molecule has 8 heteroatoms. The number of anilines is 1. The van der Waals surface area contributed by atoms with E-state index in [1.165, 1.54) is 6.33 Å². The Bertz CT molecular complexity index is 1060. The van der Waals surface area contributed by atoms with E-state index in [2.05, 4.69) is 20.3 Å². The van der Waals surface area contributed by atoms with Crippen molar-refractivity contribution < 1.29 is 14.7 Å². The molecule has 2 heterocycles. The van der Waals surface area contributed by atoms with Crippen LogP contribution in [0.3, 0.4) is 0 Å². The van der Waals surface area contributed by atoms with E-state index in [0.29, 0.717) is 35.4 Å². The number of fused-ring (bicyclic) bond motifs is 2. The van der Waals surface area contributed by atoms with Crippen molar-refractivity contribution in [3.8, 4) is 0 Å². The zero-order valence-electron chi connectivity index (χ0n) is 14.4. The van der Waals surface area contributed by atoms with Crippen LogP contribution in [0, 0.1) is 11.3 Å². The summed E-state index contributed by atoms with van der Waals surface area (Å²) in [6.07, 6.45) is 4.09. The fourth-order valence-electron chi connectivity index (χ4n) is 4.21. The lowest BCUT2D eigenvalue weighted by Gasteiger charge is -2.13. The average Bonchev–Trinajstić information content (AvgIpc) is 3.19. The van der Waals surface area contributed by atoms with E-state index in [0.717, 1.165) is 0 Å². The number of carbonyl (C=O) groups is 2. The standard InChI is InChI=1S/C19H17N5O3/c25-8-19-7-12(19)13(6-14(19)26)24-10-22-15-16(20-9-21-17(15)24)23-18(27)11-4-2-1-3-5-11/h1-5,9-10,12-13,25H,6-8H2,(H,20,21,23,27)/t12-,13+,19+/m1/s1. The maximum atomic E-state index is 12.4. The second-order valence-corrected chi connectivity index (χ2v) is 7.19. The first kappa shape index (κ1) is 16.1. The number of hydrogen-bond donors (Lipinski definition) is 2. The molecular weight excluding hydrogens is 346 g/mol. The highest BCUT2D eigenvalue weighted by molar-refractivity contribution is 6.06. The number of Topliss-reactive ketones (excluding diaryl/α,β-unsaturated/α-hetero) is 1. The van der Waals surface area contributed by atoms with Crippen molar-refractivity contribution in [3.63, 3.8) is 0 Å². The molecule has 2 saturated carbocycles. The average molecular weight is 363 g/mol. The molecule has 2 aliphatic rings. The van der Waals surface area contributed by atoms with E-state index in [1.54, 1.807) is 30.6 Å². The molecule has 0 bridgehead atoms. The summed E-state index contributed by atoms with van der Waals surface area (Å²) in [6, 6.07) is 8.80. The monoisotopic (exact) mass is 363 g/mol. The second-order valence-electron chi connectivity index (χ2n) is 7.19. The summed E-state index contributed by atoms with van der Waals surface area (Å²) in [5, 5.41) is 12.4. The normalized spacial score (nSPS) is 26.2. The van der Waals surface area contributed by atoms with Gasteiger partial charge in [0.1, 0.15) is 12.1 Å². The molecule has 27 heavy (non-hydrogen) atoms. The summed E-state index contributed by atoms with van der Waals surface area (Å²) in [4.78, 5) is 37.6. The smallest absolute Gasteiger partial charge is 0.256 e. The fraction of sp³-hybridized carbons (Fsp3) is 0.316. The minimum Gasteiger partial charge on any atom is -0.395 e. The van der Waals surface area contributed by atoms with Crippen LogP contribution < -0.4 is 5.32 Å². The van der Waals surface area contributed by atoms with Crippen LogP contribution in [0.4, 0.5) is 5.82 Å². The van der Waals surface area contributed by atoms with Crippen molar-refractivity contribution in [2.45, 2.75) is 18.9 Å². The van der Waals surface area contributed by atoms with Gasteiger partial charge in [-0.2, -0.15) is 0 Å². The molecule has 5 rings (SSSR count). The molecule has 1 amide bonds. The molecule has 8 nitrogen and oxygen atoms in total. The summed E-state index contributed by atoms with van der Waals surface area (Å²) in [5.74, 6) is 0.280. The lowest BCUT2D eigenvalue weighted by molar-refractivity contribution is -0.124. The molecule has 0 spiro atoms. The highest BCUT2D eigenvalue weighted by Crippen LogP contribution is 2.65. The largest absolute Gasteiger partial charge is 0.395 e. The molecule has 3 atom stereocenters. The Hall–Kier alpha value is -3.13. The van der Waals surface area contributed by atoms with Crippen molar-refractivity contribution >= 4 is 28.7 Å². The minimum absolute atomic E-state index is 0.0674. The summed E-state index contributed by atoms with van der Waals surface area (Å²) >= 11 is 0. The van der Waals surface area contributed by atoms with Gasteiger partial charge in [0.05, 0.1) is 18.3 Å². The van der Waals surface area contributed by atoms with Crippen LogP contribution in [0.2, 0.25) is 0 Å². The van der Waals surface area contributed by atoms with Gasteiger partial charge in [0.2, 0.25) is 0 Å². The minimum atomic E-state index is -0.571. The lowest BCUT2D eigenvalue weighted by atomic mass is 10.0. The van der Waals surface area contributed by atoms with Crippen molar-refractivity contribution in [1.29, 1.82) is 0 Å². The Morgan fingerprint density at radius 1 is 1.26 bits per heavy atom. The molecule has 2 N–H and O–H groups in total. The number of aromatic nitrogens is 4. The van der Waals surface area contributed by atoms with E-state index < -0.39 is 5.41 Å². The SMILES string of the molecule is O=C(Nc1ncnc2c1ncn2[C@H]1CC(=O)[C@]2(CO)C[C@H]12)c1ccccc1. The molecular formula is C19H17N5O3. The van der Waals surface area contributed by atoms with Crippen molar-refractivity contribution in [3.05, 3.63) is 48.5 Å². The van der Waals surface area contributed by atoms with Crippen LogP contribution in [0.15, 0.2) is 43.0 Å². The van der Waals surface area contributed by atoms with E-state index >= 15 is 0 Å². The lowest BCUT2D eigenvalue weighted by Crippen LogP contribution is -2.16. The summed E-state index contributed by atoms with van der Waals surface area (Å²) < 4.78 is 1.88. The maximum Gasteiger partial charge on any atom is 0.256 e. The number of rotatable bonds is 4. The number of amides is 1. The number of carbonyl (C=O) groups excluding carboxylic acids is 2. The Balaban J connectivity index is 1.48. The van der Waals surface area contributed by atoms with Gasteiger partial charge in [0.15, 0.2) is 17.0 Å². The molecule has 0 radical (unpaired) electrons. The van der Waals surface area contributed by atoms with Gasteiger partial charge >= 0.3 is 0 Å². The van der Waals surface area contributed by atoms with Crippen molar-refractivity contribution in [2.75, 3.05) is 11.9 Å². The van der Waals surface area contributed by atoms with Crippen LogP contribution in [0.1, 0.15) is 29.2 Å². The van der Waals surface area contributed by atoms with Crippen LogP contribution in [-0.4, -0.2) is 42.9 Å². The van der Waals surface area contributed by atoms with E-state index in [1.807, 2.05) is 10.6 Å². The Morgan fingerprint density at radius 3 is 2.78 bits per heavy atom. The van der Waals surface area contributed by atoms with Gasteiger partial charge in [-0.15, -0.1) is 0 Å². The third kappa shape index (κ3) is 2.30. The highest BCUT2D eigenvalue weighted by atomic mass is 16.3. The summed E-state index contributed by atoms with van der Waals surface area (Å²) in [7, 11) is 0. The third-order valence-electron chi connectivity index (χ3n) is 5.81. The predicted octanol–water partition coefficient (Wildman–Crippen LogP) is 1.59. The van der Waals surface area contributed by atoms with E-state index in [9.17, 15) is 14.7 Å². The number of benzene rings is 1. The topological polar surface area (TPSA) is 110 Å². The fourth-order valence-corrected chi connectivity index (χ4v) is 4.21. The van der Waals surface area contributed by atoms with Gasteiger partial charge in [-0.1, -0.05) is 18.2 Å². The van der Waals surface area contributed by atoms with Gasteiger partial charge in [-0.3, -0.25) is 9.59 Å². The van der Waals surface area contributed by atoms with Crippen molar-refractivity contribution in [2.24, 2.45) is 11.3 Å². The number of imidazole rings is 1. The molecule has 2 aliphatic carbocycles.